The number of halogens is 1. The van der Waals surface area contributed by atoms with E-state index in [-0.39, 0.29) is 11.7 Å². The number of nitrogens with zero attached hydrogens (tertiary/aromatic N) is 1. The molecule has 0 aromatic heterocycles. The molecular weight excluding hydrogens is 299 g/mol. The average molecular weight is 324 g/mol. The molecule has 5 heteroatoms. The van der Waals surface area contributed by atoms with Gasteiger partial charge in [0.05, 0.1) is 0 Å². The molecule has 1 aromatic carbocycles. The smallest absolute Gasteiger partial charge is 0.223 e. The summed E-state index contributed by atoms with van der Waals surface area (Å²) in [5.41, 5.74) is 1.10. The summed E-state index contributed by atoms with van der Waals surface area (Å²) in [6.45, 7) is 2.99. The summed E-state index contributed by atoms with van der Waals surface area (Å²) in [7, 11) is 1.90. The Morgan fingerprint density at radius 1 is 1.41 bits per heavy atom. The van der Waals surface area contributed by atoms with Crippen LogP contribution in [-0.2, 0) is 10.5 Å². The van der Waals surface area contributed by atoms with E-state index in [4.69, 9.17) is 0 Å². The lowest BCUT2D eigenvalue weighted by Crippen LogP contribution is -2.39. The van der Waals surface area contributed by atoms with Crippen molar-refractivity contribution in [3.8, 4) is 0 Å². The SMILES string of the molecule is CN(C[C@@H]1CCCNC1)C(=O)CCSCc1ccc(F)cc1. The summed E-state index contributed by atoms with van der Waals surface area (Å²) < 4.78 is 12.8. The van der Waals surface area contributed by atoms with E-state index in [0.717, 1.165) is 36.7 Å². The Hall–Kier alpha value is -1.07. The number of amides is 1. The van der Waals surface area contributed by atoms with Crippen LogP contribution in [0.2, 0.25) is 0 Å². The molecule has 0 aliphatic carbocycles. The number of thioether (sulfide) groups is 1. The summed E-state index contributed by atoms with van der Waals surface area (Å²) in [6.07, 6.45) is 2.99. The molecule has 1 fully saturated rings. The van der Waals surface area contributed by atoms with Gasteiger partial charge in [0.1, 0.15) is 5.82 Å². The van der Waals surface area contributed by atoms with E-state index < -0.39 is 0 Å². The highest BCUT2D eigenvalue weighted by Crippen LogP contribution is 2.15. The maximum Gasteiger partial charge on any atom is 0.223 e. The molecule has 1 aliphatic rings. The van der Waals surface area contributed by atoms with Crippen LogP contribution >= 0.6 is 11.8 Å². The zero-order valence-corrected chi connectivity index (χ0v) is 14.0. The number of hydrogen-bond donors (Lipinski definition) is 1. The van der Waals surface area contributed by atoms with E-state index in [0.29, 0.717) is 12.3 Å². The first-order valence-corrected chi connectivity index (χ1v) is 9.07. The minimum absolute atomic E-state index is 0.206. The van der Waals surface area contributed by atoms with Crippen LogP contribution in [0.3, 0.4) is 0 Å². The van der Waals surface area contributed by atoms with Crippen LogP contribution in [0.1, 0.15) is 24.8 Å². The van der Waals surface area contributed by atoms with Gasteiger partial charge in [0.15, 0.2) is 0 Å². The molecule has 0 spiro atoms. The number of rotatable bonds is 7. The van der Waals surface area contributed by atoms with Gasteiger partial charge in [0, 0.05) is 31.5 Å². The van der Waals surface area contributed by atoms with Gasteiger partial charge in [-0.2, -0.15) is 11.8 Å². The summed E-state index contributed by atoms with van der Waals surface area (Å²) in [5, 5.41) is 3.38. The molecule has 1 atom stereocenters. The Morgan fingerprint density at radius 2 is 2.18 bits per heavy atom. The first kappa shape index (κ1) is 17.3. The van der Waals surface area contributed by atoms with Crippen molar-refractivity contribution in [3.05, 3.63) is 35.6 Å². The first-order valence-electron chi connectivity index (χ1n) is 7.92. The van der Waals surface area contributed by atoms with Crippen LogP contribution in [0.5, 0.6) is 0 Å². The molecule has 1 heterocycles. The van der Waals surface area contributed by atoms with E-state index in [2.05, 4.69) is 5.32 Å². The molecule has 1 N–H and O–H groups in total. The van der Waals surface area contributed by atoms with E-state index in [1.54, 1.807) is 23.9 Å². The Labute approximate surface area is 136 Å². The van der Waals surface area contributed by atoms with Crippen molar-refractivity contribution >= 4 is 17.7 Å². The molecule has 1 aliphatic heterocycles. The normalized spacial score (nSPS) is 18.2. The Bertz CT molecular complexity index is 460. The predicted molar refractivity (Wildman–Crippen MR) is 90.4 cm³/mol. The van der Waals surface area contributed by atoms with Gasteiger partial charge in [-0.1, -0.05) is 12.1 Å². The lowest BCUT2D eigenvalue weighted by molar-refractivity contribution is -0.130. The molecular formula is C17H25FN2OS. The van der Waals surface area contributed by atoms with Gasteiger partial charge in [-0.3, -0.25) is 4.79 Å². The quantitative estimate of drug-likeness (QED) is 0.783. The fraction of sp³-hybridized carbons (Fsp3) is 0.588. The van der Waals surface area contributed by atoms with Crippen LogP contribution in [-0.4, -0.2) is 43.2 Å². The highest BCUT2D eigenvalue weighted by atomic mass is 32.2. The Kier molecular flexibility index (Phi) is 7.19. The molecule has 0 unspecified atom stereocenters. The standard InChI is InChI=1S/C17H25FN2OS/c1-20(12-15-3-2-9-19-11-15)17(21)8-10-22-13-14-4-6-16(18)7-5-14/h4-7,15,19H,2-3,8-13H2,1H3/t15-/m1/s1. The van der Waals surface area contributed by atoms with E-state index in [1.807, 2.05) is 11.9 Å². The van der Waals surface area contributed by atoms with E-state index in [1.165, 1.54) is 25.0 Å². The van der Waals surface area contributed by atoms with Gasteiger partial charge in [-0.05, 0) is 49.5 Å². The number of carbonyl (C=O) groups excluding carboxylic acids is 1. The molecule has 22 heavy (non-hydrogen) atoms. The number of carbonyl (C=O) groups is 1. The van der Waals surface area contributed by atoms with Crippen molar-refractivity contribution in [2.45, 2.75) is 25.0 Å². The predicted octanol–water partition coefficient (Wildman–Crippen LogP) is 2.91. The van der Waals surface area contributed by atoms with Gasteiger partial charge in [0.2, 0.25) is 5.91 Å². The molecule has 2 rings (SSSR count). The van der Waals surface area contributed by atoms with E-state index in [9.17, 15) is 9.18 Å². The van der Waals surface area contributed by atoms with Gasteiger partial charge in [0.25, 0.3) is 0 Å². The van der Waals surface area contributed by atoms with Crippen LogP contribution in [0.25, 0.3) is 0 Å². The van der Waals surface area contributed by atoms with Crippen molar-refractivity contribution < 1.29 is 9.18 Å². The Balaban J connectivity index is 1.61. The monoisotopic (exact) mass is 324 g/mol. The lowest BCUT2D eigenvalue weighted by atomic mass is 9.99. The maximum absolute atomic E-state index is 12.8. The number of nitrogens with one attached hydrogen (secondary N) is 1. The second kappa shape index (κ2) is 9.16. The lowest BCUT2D eigenvalue weighted by Gasteiger charge is -2.27. The molecule has 1 saturated heterocycles. The van der Waals surface area contributed by atoms with Crippen molar-refractivity contribution in [3.63, 3.8) is 0 Å². The third kappa shape index (κ3) is 5.97. The zero-order valence-electron chi connectivity index (χ0n) is 13.2. The van der Waals surface area contributed by atoms with Crippen LogP contribution in [0, 0.1) is 11.7 Å². The van der Waals surface area contributed by atoms with Crippen molar-refractivity contribution in [2.75, 3.05) is 32.4 Å². The van der Waals surface area contributed by atoms with Crippen LogP contribution in [0.4, 0.5) is 4.39 Å². The van der Waals surface area contributed by atoms with Gasteiger partial charge >= 0.3 is 0 Å². The molecule has 1 amide bonds. The van der Waals surface area contributed by atoms with Gasteiger partial charge in [-0.25, -0.2) is 4.39 Å². The Morgan fingerprint density at radius 3 is 2.86 bits per heavy atom. The average Bonchev–Trinajstić information content (AvgIpc) is 2.54. The summed E-state index contributed by atoms with van der Waals surface area (Å²) in [5.74, 6) is 2.24. The third-order valence-corrected chi connectivity index (χ3v) is 5.03. The zero-order chi connectivity index (χ0) is 15.8. The molecule has 1 aromatic rings. The second-order valence-corrected chi connectivity index (χ2v) is 7.02. The van der Waals surface area contributed by atoms with Crippen molar-refractivity contribution in [1.29, 1.82) is 0 Å². The van der Waals surface area contributed by atoms with Crippen LogP contribution < -0.4 is 5.32 Å². The minimum atomic E-state index is -0.206. The van der Waals surface area contributed by atoms with E-state index >= 15 is 0 Å². The number of piperidine rings is 1. The number of hydrogen-bond acceptors (Lipinski definition) is 3. The highest BCUT2D eigenvalue weighted by molar-refractivity contribution is 7.98. The molecule has 0 bridgehead atoms. The largest absolute Gasteiger partial charge is 0.345 e. The fourth-order valence-electron chi connectivity index (χ4n) is 2.69. The molecule has 3 nitrogen and oxygen atoms in total. The van der Waals surface area contributed by atoms with Crippen molar-refractivity contribution in [1.82, 2.24) is 10.2 Å². The fourth-order valence-corrected chi connectivity index (χ4v) is 3.58. The maximum atomic E-state index is 12.8. The second-order valence-electron chi connectivity index (χ2n) is 5.92. The molecule has 0 radical (unpaired) electrons. The highest BCUT2D eigenvalue weighted by Gasteiger charge is 2.17. The minimum Gasteiger partial charge on any atom is -0.345 e. The summed E-state index contributed by atoms with van der Waals surface area (Å²) in [6, 6.07) is 6.55. The number of benzene rings is 1. The molecule has 0 saturated carbocycles. The summed E-state index contributed by atoms with van der Waals surface area (Å²) >= 11 is 1.72. The van der Waals surface area contributed by atoms with Crippen LogP contribution in [0.15, 0.2) is 24.3 Å². The molecule has 122 valence electrons. The summed E-state index contributed by atoms with van der Waals surface area (Å²) in [4.78, 5) is 14.0. The van der Waals surface area contributed by atoms with Gasteiger partial charge in [-0.15, -0.1) is 0 Å². The van der Waals surface area contributed by atoms with Crippen molar-refractivity contribution in [2.24, 2.45) is 5.92 Å². The van der Waals surface area contributed by atoms with Gasteiger partial charge < -0.3 is 10.2 Å². The third-order valence-electron chi connectivity index (χ3n) is 4.00. The first-order chi connectivity index (χ1) is 10.6. The topological polar surface area (TPSA) is 32.3 Å².